The number of aryl methyl sites for hydroxylation is 1. The molecule has 1 aliphatic heterocycles. The number of anilines is 1. The third-order valence-corrected chi connectivity index (χ3v) is 6.34. The van der Waals surface area contributed by atoms with Crippen molar-refractivity contribution in [2.45, 2.75) is 26.8 Å². The van der Waals surface area contributed by atoms with Crippen LogP contribution in [0.3, 0.4) is 0 Å². The maximum atomic E-state index is 13.3. The fourth-order valence-electron chi connectivity index (χ4n) is 3.35. The number of carbonyl (C=O) groups excluding carboxylic acids is 1. The van der Waals surface area contributed by atoms with Crippen LogP contribution < -0.4 is 10.9 Å². The Labute approximate surface area is 190 Å². The minimum Gasteiger partial charge on any atom is -0.369 e. The van der Waals surface area contributed by atoms with E-state index in [1.54, 1.807) is 17.2 Å². The zero-order valence-corrected chi connectivity index (χ0v) is 18.9. The molecule has 0 unspecified atom stereocenters. The molecule has 2 aromatic heterocycles. The van der Waals surface area contributed by atoms with Crippen LogP contribution in [0.2, 0.25) is 0 Å². The predicted molar refractivity (Wildman–Crippen MR) is 130 cm³/mol. The van der Waals surface area contributed by atoms with Crippen LogP contribution in [-0.2, 0) is 11.3 Å². The Hall–Kier alpha value is -2.97. The molecule has 0 saturated carbocycles. The SMILES string of the molecule is CCCNc1nc2c(C)cccn2c(=O)c1/C=C1\SC(=S)N(Cc2ccccc2)C1=O. The van der Waals surface area contributed by atoms with Crippen molar-refractivity contribution in [1.29, 1.82) is 0 Å². The molecule has 0 atom stereocenters. The predicted octanol–water partition coefficient (Wildman–Crippen LogP) is 4.23. The van der Waals surface area contributed by atoms with Crippen LogP contribution in [0.1, 0.15) is 30.0 Å². The average molecular weight is 451 g/mol. The summed E-state index contributed by atoms with van der Waals surface area (Å²) >= 11 is 6.66. The molecular weight excluding hydrogens is 428 g/mol. The van der Waals surface area contributed by atoms with Crippen molar-refractivity contribution in [2.75, 3.05) is 11.9 Å². The number of thiocarbonyl (C=S) groups is 1. The molecule has 3 heterocycles. The zero-order chi connectivity index (χ0) is 22.0. The maximum absolute atomic E-state index is 13.3. The molecule has 1 fully saturated rings. The van der Waals surface area contributed by atoms with Crippen LogP contribution in [0.5, 0.6) is 0 Å². The number of aromatic nitrogens is 2. The molecule has 8 heteroatoms. The van der Waals surface area contributed by atoms with Gasteiger partial charge in [0, 0.05) is 12.7 Å². The molecule has 3 aromatic rings. The summed E-state index contributed by atoms with van der Waals surface area (Å²) in [5.41, 5.74) is 2.63. The minimum atomic E-state index is -0.222. The van der Waals surface area contributed by atoms with Crippen molar-refractivity contribution in [1.82, 2.24) is 14.3 Å². The number of carbonyl (C=O) groups is 1. The van der Waals surface area contributed by atoms with Gasteiger partial charge in [-0.05, 0) is 36.6 Å². The third kappa shape index (κ3) is 4.26. The largest absolute Gasteiger partial charge is 0.369 e. The molecule has 1 N–H and O–H groups in total. The molecule has 0 aliphatic carbocycles. The number of hydrogen-bond acceptors (Lipinski definition) is 6. The third-order valence-electron chi connectivity index (χ3n) is 4.96. The Bertz CT molecular complexity index is 1250. The number of hydrogen-bond donors (Lipinski definition) is 1. The number of rotatable bonds is 6. The van der Waals surface area contributed by atoms with E-state index in [1.165, 1.54) is 16.2 Å². The smallest absolute Gasteiger partial charge is 0.267 e. The van der Waals surface area contributed by atoms with Crippen LogP contribution >= 0.6 is 24.0 Å². The standard InChI is InChI=1S/C23H22N4O2S2/c1-3-11-24-19-17(21(28)26-12-7-8-15(2)20(26)25-19)13-18-22(29)27(23(30)31-18)14-16-9-5-4-6-10-16/h4-10,12-13,24H,3,11,14H2,1-2H3/b18-13-. The van der Waals surface area contributed by atoms with Crippen LogP contribution in [0.4, 0.5) is 5.82 Å². The van der Waals surface area contributed by atoms with Crippen molar-refractivity contribution in [3.05, 3.63) is 80.6 Å². The molecule has 1 aliphatic rings. The molecule has 158 valence electrons. The summed E-state index contributed by atoms with van der Waals surface area (Å²) in [6, 6.07) is 13.4. The lowest BCUT2D eigenvalue weighted by Gasteiger charge is -2.14. The second-order valence-corrected chi connectivity index (χ2v) is 8.92. The van der Waals surface area contributed by atoms with Gasteiger partial charge in [0.05, 0.1) is 17.0 Å². The highest BCUT2D eigenvalue weighted by molar-refractivity contribution is 8.26. The Balaban J connectivity index is 1.76. The van der Waals surface area contributed by atoms with Crippen molar-refractivity contribution in [3.8, 4) is 0 Å². The Morgan fingerprint density at radius 3 is 2.68 bits per heavy atom. The number of amides is 1. The molecule has 0 radical (unpaired) electrons. The second-order valence-electron chi connectivity index (χ2n) is 7.24. The van der Waals surface area contributed by atoms with Gasteiger partial charge in [-0.15, -0.1) is 0 Å². The summed E-state index contributed by atoms with van der Waals surface area (Å²) < 4.78 is 2.00. The number of fused-ring (bicyclic) bond motifs is 1. The molecule has 6 nitrogen and oxygen atoms in total. The first-order chi connectivity index (χ1) is 15.0. The van der Waals surface area contributed by atoms with Gasteiger partial charge in [0.2, 0.25) is 0 Å². The van der Waals surface area contributed by atoms with Crippen molar-refractivity contribution in [2.24, 2.45) is 0 Å². The first kappa shape index (κ1) is 21.3. The number of benzene rings is 1. The van der Waals surface area contributed by atoms with Gasteiger partial charge in [-0.25, -0.2) is 4.98 Å². The van der Waals surface area contributed by atoms with E-state index in [0.717, 1.165) is 17.5 Å². The first-order valence-corrected chi connectivity index (χ1v) is 11.3. The second kappa shape index (κ2) is 9.03. The Kier molecular flexibility index (Phi) is 6.20. The molecule has 4 rings (SSSR count). The lowest BCUT2D eigenvalue weighted by molar-refractivity contribution is -0.122. The van der Waals surface area contributed by atoms with E-state index in [-0.39, 0.29) is 11.5 Å². The van der Waals surface area contributed by atoms with Crippen LogP contribution in [0, 0.1) is 6.92 Å². The van der Waals surface area contributed by atoms with Gasteiger partial charge in [-0.1, -0.05) is 67.3 Å². The van der Waals surface area contributed by atoms with Gasteiger partial charge in [0.1, 0.15) is 15.8 Å². The topological polar surface area (TPSA) is 66.7 Å². The van der Waals surface area contributed by atoms with Crippen molar-refractivity contribution in [3.63, 3.8) is 0 Å². The summed E-state index contributed by atoms with van der Waals surface area (Å²) in [5, 5.41) is 3.24. The number of nitrogens with one attached hydrogen (secondary N) is 1. The Morgan fingerprint density at radius 1 is 1.16 bits per heavy atom. The minimum absolute atomic E-state index is 0.200. The van der Waals surface area contributed by atoms with Gasteiger partial charge >= 0.3 is 0 Å². The average Bonchev–Trinajstić information content (AvgIpc) is 3.03. The fourth-order valence-corrected chi connectivity index (χ4v) is 4.59. The monoisotopic (exact) mass is 450 g/mol. The maximum Gasteiger partial charge on any atom is 0.267 e. The molecule has 0 bridgehead atoms. The van der Waals surface area contributed by atoms with Crippen LogP contribution in [0.15, 0.2) is 58.4 Å². The summed E-state index contributed by atoms with van der Waals surface area (Å²) in [5.74, 6) is 0.281. The first-order valence-electron chi connectivity index (χ1n) is 10.0. The van der Waals surface area contributed by atoms with Crippen molar-refractivity contribution < 1.29 is 4.79 Å². The van der Waals surface area contributed by atoms with Gasteiger partial charge in [0.15, 0.2) is 0 Å². The lowest BCUT2D eigenvalue weighted by Crippen LogP contribution is -2.27. The molecule has 31 heavy (non-hydrogen) atoms. The zero-order valence-electron chi connectivity index (χ0n) is 17.3. The molecule has 1 aromatic carbocycles. The summed E-state index contributed by atoms with van der Waals surface area (Å²) in [6.45, 7) is 5.03. The normalized spacial score (nSPS) is 15.3. The quantitative estimate of drug-likeness (QED) is 0.448. The van der Waals surface area contributed by atoms with Gasteiger partial charge in [-0.2, -0.15) is 0 Å². The van der Waals surface area contributed by atoms with Crippen LogP contribution in [0.25, 0.3) is 11.7 Å². The van der Waals surface area contributed by atoms with E-state index in [4.69, 9.17) is 12.2 Å². The van der Waals surface area contributed by atoms with E-state index in [2.05, 4.69) is 10.3 Å². The summed E-state index contributed by atoms with van der Waals surface area (Å²) in [6.07, 6.45) is 4.19. The molecule has 0 spiro atoms. The molecular formula is C23H22N4O2S2. The van der Waals surface area contributed by atoms with Crippen LogP contribution in [-0.4, -0.2) is 31.1 Å². The summed E-state index contributed by atoms with van der Waals surface area (Å²) in [7, 11) is 0. The number of nitrogens with zero attached hydrogens (tertiary/aromatic N) is 3. The van der Waals surface area contributed by atoms with E-state index >= 15 is 0 Å². The summed E-state index contributed by atoms with van der Waals surface area (Å²) in [4.78, 5) is 33.0. The molecule has 1 amide bonds. The Morgan fingerprint density at radius 2 is 1.94 bits per heavy atom. The van der Waals surface area contributed by atoms with Gasteiger partial charge < -0.3 is 5.32 Å². The fraction of sp³-hybridized carbons (Fsp3) is 0.217. The highest BCUT2D eigenvalue weighted by atomic mass is 32.2. The van der Waals surface area contributed by atoms with E-state index < -0.39 is 0 Å². The highest BCUT2D eigenvalue weighted by Gasteiger charge is 2.32. The van der Waals surface area contributed by atoms with E-state index in [9.17, 15) is 9.59 Å². The van der Waals surface area contributed by atoms with E-state index in [1.807, 2.05) is 56.3 Å². The van der Waals surface area contributed by atoms with Gasteiger partial charge in [0.25, 0.3) is 11.5 Å². The van der Waals surface area contributed by atoms with Gasteiger partial charge in [-0.3, -0.25) is 18.9 Å². The lowest BCUT2D eigenvalue weighted by atomic mass is 10.2. The molecule has 1 saturated heterocycles. The van der Waals surface area contributed by atoms with Crippen molar-refractivity contribution >= 4 is 51.7 Å². The number of thioether (sulfide) groups is 1. The highest BCUT2D eigenvalue weighted by Crippen LogP contribution is 2.34. The number of pyridine rings is 1. The van der Waals surface area contributed by atoms with E-state index in [0.29, 0.717) is 39.3 Å².